The molecule has 2 unspecified atom stereocenters. The van der Waals surface area contributed by atoms with Crippen molar-refractivity contribution in [2.24, 2.45) is 0 Å². The zero-order valence-electron chi connectivity index (χ0n) is 11.2. The van der Waals surface area contributed by atoms with Gasteiger partial charge < -0.3 is 10.2 Å². The van der Waals surface area contributed by atoms with Crippen molar-refractivity contribution >= 4 is 21.6 Å². The van der Waals surface area contributed by atoms with Crippen LogP contribution in [0.25, 0.3) is 0 Å². The van der Waals surface area contributed by atoms with Gasteiger partial charge in [0.1, 0.15) is 0 Å². The standard InChI is InChI=1S/C14H22BrN3/c1-3-5-17-13-4-6-18(11(2)7-13)14-8-12(15)9-16-10-14/h8-11,13,17H,3-7H2,1-2H3. The van der Waals surface area contributed by atoms with E-state index in [0.29, 0.717) is 12.1 Å². The first-order valence-electron chi connectivity index (χ1n) is 6.81. The Morgan fingerprint density at radius 1 is 1.50 bits per heavy atom. The van der Waals surface area contributed by atoms with E-state index < -0.39 is 0 Å². The van der Waals surface area contributed by atoms with E-state index in [9.17, 15) is 0 Å². The molecule has 2 rings (SSSR count). The molecule has 0 aliphatic carbocycles. The van der Waals surface area contributed by atoms with Gasteiger partial charge >= 0.3 is 0 Å². The summed E-state index contributed by atoms with van der Waals surface area (Å²) in [6.45, 7) is 6.77. The third-order valence-electron chi connectivity index (χ3n) is 3.58. The van der Waals surface area contributed by atoms with Gasteiger partial charge in [0, 0.05) is 29.3 Å². The average molecular weight is 312 g/mol. The second-order valence-corrected chi connectivity index (χ2v) is 5.99. The summed E-state index contributed by atoms with van der Waals surface area (Å²) in [5.74, 6) is 0. The van der Waals surface area contributed by atoms with Gasteiger partial charge in [-0.2, -0.15) is 0 Å². The number of pyridine rings is 1. The first-order valence-corrected chi connectivity index (χ1v) is 7.60. The van der Waals surface area contributed by atoms with Crippen molar-refractivity contribution < 1.29 is 0 Å². The molecular formula is C14H22BrN3. The lowest BCUT2D eigenvalue weighted by molar-refractivity contribution is 0.368. The van der Waals surface area contributed by atoms with Crippen LogP contribution in [0.5, 0.6) is 0 Å². The third-order valence-corrected chi connectivity index (χ3v) is 4.01. The summed E-state index contributed by atoms with van der Waals surface area (Å²) < 4.78 is 1.05. The number of aromatic nitrogens is 1. The van der Waals surface area contributed by atoms with Gasteiger partial charge in [-0.3, -0.25) is 4.98 Å². The van der Waals surface area contributed by atoms with Gasteiger partial charge in [-0.15, -0.1) is 0 Å². The van der Waals surface area contributed by atoms with Crippen LogP contribution in [0.1, 0.15) is 33.1 Å². The molecule has 2 atom stereocenters. The highest BCUT2D eigenvalue weighted by Gasteiger charge is 2.25. The maximum atomic E-state index is 4.26. The van der Waals surface area contributed by atoms with Gasteiger partial charge in [0.15, 0.2) is 0 Å². The van der Waals surface area contributed by atoms with E-state index in [2.05, 4.69) is 51.0 Å². The van der Waals surface area contributed by atoms with Gasteiger partial charge in [-0.25, -0.2) is 0 Å². The normalized spacial score (nSPS) is 24.3. The van der Waals surface area contributed by atoms with Gasteiger partial charge in [0.05, 0.1) is 11.9 Å². The van der Waals surface area contributed by atoms with E-state index in [-0.39, 0.29) is 0 Å². The molecule has 0 aromatic carbocycles. The highest BCUT2D eigenvalue weighted by molar-refractivity contribution is 9.10. The monoisotopic (exact) mass is 311 g/mol. The fraction of sp³-hybridized carbons (Fsp3) is 0.643. The van der Waals surface area contributed by atoms with Gasteiger partial charge in [0.2, 0.25) is 0 Å². The predicted molar refractivity (Wildman–Crippen MR) is 80.1 cm³/mol. The topological polar surface area (TPSA) is 28.2 Å². The summed E-state index contributed by atoms with van der Waals surface area (Å²) in [5, 5.41) is 3.63. The molecule has 0 spiro atoms. The first kappa shape index (κ1) is 13.8. The fourth-order valence-corrected chi connectivity index (χ4v) is 3.00. The summed E-state index contributed by atoms with van der Waals surface area (Å²) in [6, 6.07) is 3.41. The molecule has 3 nitrogen and oxygen atoms in total. The van der Waals surface area contributed by atoms with Crippen LogP contribution < -0.4 is 10.2 Å². The van der Waals surface area contributed by atoms with Crippen LogP contribution in [-0.4, -0.2) is 30.2 Å². The average Bonchev–Trinajstić information content (AvgIpc) is 2.36. The molecule has 1 aliphatic rings. The number of hydrogen-bond donors (Lipinski definition) is 1. The number of hydrogen-bond acceptors (Lipinski definition) is 3. The fourth-order valence-electron chi connectivity index (χ4n) is 2.65. The molecule has 18 heavy (non-hydrogen) atoms. The minimum atomic E-state index is 0.573. The summed E-state index contributed by atoms with van der Waals surface area (Å²) in [5.41, 5.74) is 1.23. The number of anilines is 1. The van der Waals surface area contributed by atoms with Gasteiger partial charge in [-0.05, 0) is 54.7 Å². The number of halogens is 1. The molecule has 0 bridgehead atoms. The van der Waals surface area contributed by atoms with Crippen molar-refractivity contribution in [1.82, 2.24) is 10.3 Å². The molecule has 0 amide bonds. The first-order chi connectivity index (χ1) is 8.70. The van der Waals surface area contributed by atoms with E-state index >= 15 is 0 Å². The quantitative estimate of drug-likeness (QED) is 0.925. The van der Waals surface area contributed by atoms with E-state index in [1.807, 2.05) is 12.4 Å². The van der Waals surface area contributed by atoms with Crippen LogP contribution in [0.4, 0.5) is 5.69 Å². The van der Waals surface area contributed by atoms with Crippen molar-refractivity contribution in [2.75, 3.05) is 18.0 Å². The maximum Gasteiger partial charge on any atom is 0.0566 e. The van der Waals surface area contributed by atoms with Gasteiger partial charge in [0.25, 0.3) is 0 Å². The predicted octanol–water partition coefficient (Wildman–Crippen LogP) is 3.20. The van der Waals surface area contributed by atoms with Gasteiger partial charge in [-0.1, -0.05) is 6.92 Å². The molecule has 1 saturated heterocycles. The Morgan fingerprint density at radius 3 is 3.00 bits per heavy atom. The molecule has 1 aromatic heterocycles. The number of rotatable bonds is 4. The van der Waals surface area contributed by atoms with Crippen LogP contribution in [0.3, 0.4) is 0 Å². The largest absolute Gasteiger partial charge is 0.367 e. The molecule has 100 valence electrons. The minimum absolute atomic E-state index is 0.573. The van der Waals surface area contributed by atoms with Crippen molar-refractivity contribution in [1.29, 1.82) is 0 Å². The summed E-state index contributed by atoms with van der Waals surface area (Å²) in [7, 11) is 0. The Hall–Kier alpha value is -0.610. The van der Waals surface area contributed by atoms with Crippen molar-refractivity contribution in [3.8, 4) is 0 Å². The zero-order valence-corrected chi connectivity index (χ0v) is 12.8. The molecular weight excluding hydrogens is 290 g/mol. The van der Waals surface area contributed by atoms with E-state index in [4.69, 9.17) is 0 Å². The van der Waals surface area contributed by atoms with Crippen molar-refractivity contribution in [3.63, 3.8) is 0 Å². The van der Waals surface area contributed by atoms with Crippen LogP contribution in [-0.2, 0) is 0 Å². The molecule has 0 saturated carbocycles. The van der Waals surface area contributed by atoms with Crippen LogP contribution in [0.2, 0.25) is 0 Å². The summed E-state index contributed by atoms with van der Waals surface area (Å²) in [4.78, 5) is 6.72. The number of piperidine rings is 1. The molecule has 4 heteroatoms. The second kappa shape index (κ2) is 6.53. The van der Waals surface area contributed by atoms with E-state index in [1.165, 1.54) is 24.9 Å². The van der Waals surface area contributed by atoms with Crippen LogP contribution in [0.15, 0.2) is 22.9 Å². The summed E-state index contributed by atoms with van der Waals surface area (Å²) in [6.07, 6.45) is 7.44. The van der Waals surface area contributed by atoms with E-state index in [0.717, 1.165) is 17.6 Å². The SMILES string of the molecule is CCCNC1CCN(c2cncc(Br)c2)C(C)C1. The Bertz CT molecular complexity index is 383. The Labute approximate surface area is 118 Å². The molecule has 0 radical (unpaired) electrons. The molecule has 2 heterocycles. The number of nitrogens with zero attached hydrogens (tertiary/aromatic N) is 2. The Morgan fingerprint density at radius 2 is 2.33 bits per heavy atom. The zero-order chi connectivity index (χ0) is 13.0. The lowest BCUT2D eigenvalue weighted by atomic mass is 9.97. The second-order valence-electron chi connectivity index (χ2n) is 5.08. The molecule has 1 N–H and O–H groups in total. The van der Waals surface area contributed by atoms with E-state index in [1.54, 1.807) is 0 Å². The lowest BCUT2D eigenvalue weighted by Crippen LogP contribution is -2.47. The van der Waals surface area contributed by atoms with Crippen LogP contribution in [0, 0.1) is 0 Å². The molecule has 1 aromatic rings. The minimum Gasteiger partial charge on any atom is -0.367 e. The number of nitrogens with one attached hydrogen (secondary N) is 1. The maximum absolute atomic E-state index is 4.26. The lowest BCUT2D eigenvalue weighted by Gasteiger charge is -2.39. The third kappa shape index (κ3) is 3.45. The smallest absolute Gasteiger partial charge is 0.0566 e. The Balaban J connectivity index is 1.97. The Kier molecular flexibility index (Phi) is 5.01. The summed E-state index contributed by atoms with van der Waals surface area (Å²) >= 11 is 3.49. The van der Waals surface area contributed by atoms with Crippen molar-refractivity contribution in [2.45, 2.75) is 45.2 Å². The highest BCUT2D eigenvalue weighted by Crippen LogP contribution is 2.26. The van der Waals surface area contributed by atoms with Crippen LogP contribution >= 0.6 is 15.9 Å². The highest BCUT2D eigenvalue weighted by atomic mass is 79.9. The molecule has 1 fully saturated rings. The molecule has 1 aliphatic heterocycles. The van der Waals surface area contributed by atoms with Crippen molar-refractivity contribution in [3.05, 3.63) is 22.9 Å².